The number of halogens is 2. The van der Waals surface area contributed by atoms with Crippen molar-refractivity contribution in [1.82, 2.24) is 0 Å². The molecule has 0 bridgehead atoms. The van der Waals surface area contributed by atoms with Gasteiger partial charge >= 0.3 is 0 Å². The summed E-state index contributed by atoms with van der Waals surface area (Å²) in [6.07, 6.45) is 3.55. The van der Waals surface area contributed by atoms with E-state index in [1.54, 1.807) is 6.08 Å². The highest BCUT2D eigenvalue weighted by Crippen LogP contribution is 2.21. The monoisotopic (exact) mass is 356 g/mol. The van der Waals surface area contributed by atoms with Gasteiger partial charge in [-0.3, -0.25) is 0 Å². The van der Waals surface area contributed by atoms with E-state index in [0.29, 0.717) is 0 Å². The first kappa shape index (κ1) is 19.8. The number of hydrogen-bond donors (Lipinski definition) is 0. The second-order valence-electron chi connectivity index (χ2n) is 7.59. The van der Waals surface area contributed by atoms with E-state index in [9.17, 15) is 4.39 Å². The quantitative estimate of drug-likeness (QED) is 0.383. The summed E-state index contributed by atoms with van der Waals surface area (Å²) in [5.41, 5.74) is 4.00. The zero-order valence-corrected chi connectivity index (χ0v) is 16.3. The molecule has 0 N–H and O–H groups in total. The van der Waals surface area contributed by atoms with E-state index in [1.807, 2.05) is 12.1 Å². The zero-order valence-electron chi connectivity index (χ0n) is 15.5. The van der Waals surface area contributed by atoms with Crippen LogP contribution in [0, 0.1) is 0 Å². The summed E-state index contributed by atoms with van der Waals surface area (Å²) < 4.78 is 13.3. The Hall–Kier alpha value is -1.54. The summed E-state index contributed by atoms with van der Waals surface area (Å²) in [7, 11) is 0. The third-order valence-electron chi connectivity index (χ3n) is 4.48. The van der Waals surface area contributed by atoms with Gasteiger partial charge in [-0.2, -0.15) is 0 Å². The Bertz CT molecular complexity index is 689. The van der Waals surface area contributed by atoms with Crippen LogP contribution in [0.2, 0.25) is 6.32 Å². The number of benzene rings is 2. The Balaban J connectivity index is 2.40. The topological polar surface area (TPSA) is 0 Å². The minimum absolute atomic E-state index is 0.0653. The molecule has 3 heteroatoms. The molecule has 0 radical (unpaired) electrons. The van der Waals surface area contributed by atoms with Crippen molar-refractivity contribution in [1.29, 1.82) is 0 Å². The molecule has 0 heterocycles. The lowest BCUT2D eigenvalue weighted by molar-refractivity contribution is 0.369. The standard InChI is InChI=1S/C22H27BClF/c1-17(25)21(24)15-10-16-23(18-11-6-5-7-12-18)20-14-9-8-13-19(20)22(2,3)4/h5-15,17,21H,16H2,1-4H3. The first-order valence-corrected chi connectivity index (χ1v) is 9.33. The van der Waals surface area contributed by atoms with Gasteiger partial charge in [0.05, 0.1) is 5.38 Å². The maximum Gasteiger partial charge on any atom is 0.213 e. The van der Waals surface area contributed by atoms with Crippen LogP contribution in [0.5, 0.6) is 0 Å². The van der Waals surface area contributed by atoms with Gasteiger partial charge < -0.3 is 0 Å². The highest BCUT2D eigenvalue weighted by atomic mass is 35.5. The molecule has 0 aliphatic heterocycles. The lowest BCUT2D eigenvalue weighted by Crippen LogP contribution is -2.45. The van der Waals surface area contributed by atoms with Gasteiger partial charge in [-0.1, -0.05) is 98.4 Å². The molecule has 0 saturated carbocycles. The maximum absolute atomic E-state index is 13.3. The molecular formula is C22H27BClF. The van der Waals surface area contributed by atoms with Crippen LogP contribution in [0.1, 0.15) is 33.3 Å². The number of allylic oxidation sites excluding steroid dienone is 2. The van der Waals surface area contributed by atoms with Gasteiger partial charge in [0.25, 0.3) is 0 Å². The third kappa shape index (κ3) is 5.47. The largest absolute Gasteiger partial charge is 0.246 e. The van der Waals surface area contributed by atoms with E-state index in [1.165, 1.54) is 23.4 Å². The van der Waals surface area contributed by atoms with E-state index in [-0.39, 0.29) is 12.1 Å². The number of hydrogen-bond acceptors (Lipinski definition) is 0. The molecule has 0 spiro atoms. The van der Waals surface area contributed by atoms with E-state index in [2.05, 4.69) is 69.3 Å². The second-order valence-corrected chi connectivity index (χ2v) is 8.09. The third-order valence-corrected chi connectivity index (χ3v) is 4.97. The van der Waals surface area contributed by atoms with Crippen LogP contribution in [0.25, 0.3) is 0 Å². The Kier molecular flexibility index (Phi) is 6.90. The van der Waals surface area contributed by atoms with Gasteiger partial charge in [-0.15, -0.1) is 11.6 Å². The van der Waals surface area contributed by atoms with Crippen molar-refractivity contribution in [3.8, 4) is 0 Å². The molecule has 2 atom stereocenters. The smallest absolute Gasteiger partial charge is 0.213 e. The van der Waals surface area contributed by atoms with Crippen LogP contribution >= 0.6 is 11.6 Å². The summed E-state index contributed by atoms with van der Waals surface area (Å²) in [5.74, 6) is 0. The summed E-state index contributed by atoms with van der Waals surface area (Å²) in [6, 6.07) is 19.1. The van der Waals surface area contributed by atoms with Crippen molar-refractivity contribution >= 4 is 29.2 Å². The molecule has 25 heavy (non-hydrogen) atoms. The highest BCUT2D eigenvalue weighted by Gasteiger charge is 2.25. The van der Waals surface area contributed by atoms with Crippen LogP contribution in [0.15, 0.2) is 66.7 Å². The molecule has 0 aliphatic carbocycles. The van der Waals surface area contributed by atoms with Gasteiger partial charge in [0.2, 0.25) is 6.71 Å². The maximum atomic E-state index is 13.3. The first-order chi connectivity index (χ1) is 11.8. The Morgan fingerprint density at radius 2 is 1.64 bits per heavy atom. The van der Waals surface area contributed by atoms with Crippen molar-refractivity contribution in [2.75, 3.05) is 0 Å². The van der Waals surface area contributed by atoms with Crippen LogP contribution in [0.4, 0.5) is 4.39 Å². The molecule has 2 aromatic carbocycles. The molecule has 2 rings (SSSR count). The molecule has 0 aromatic heterocycles. The SMILES string of the molecule is CC(F)C(Cl)C=CCB(c1ccccc1)c1ccccc1C(C)(C)C. The summed E-state index contributed by atoms with van der Waals surface area (Å²) in [5, 5.41) is -0.575. The second kappa shape index (κ2) is 8.71. The number of rotatable bonds is 6. The zero-order chi connectivity index (χ0) is 18.4. The predicted molar refractivity (Wildman–Crippen MR) is 111 cm³/mol. The predicted octanol–water partition coefficient (Wildman–Crippen LogP) is 5.11. The molecule has 132 valence electrons. The molecule has 2 unspecified atom stereocenters. The van der Waals surface area contributed by atoms with Crippen molar-refractivity contribution < 1.29 is 4.39 Å². The average molecular weight is 357 g/mol. The minimum Gasteiger partial charge on any atom is -0.246 e. The van der Waals surface area contributed by atoms with Crippen molar-refractivity contribution in [2.24, 2.45) is 0 Å². The van der Waals surface area contributed by atoms with Gasteiger partial charge in [0.15, 0.2) is 0 Å². The lowest BCUT2D eigenvalue weighted by Gasteiger charge is -2.26. The van der Waals surface area contributed by atoms with Gasteiger partial charge in [-0.05, 0) is 24.2 Å². The molecule has 0 amide bonds. The van der Waals surface area contributed by atoms with Crippen LogP contribution < -0.4 is 10.9 Å². The van der Waals surface area contributed by atoms with E-state index < -0.39 is 11.5 Å². The highest BCUT2D eigenvalue weighted by molar-refractivity contribution is 6.85. The van der Waals surface area contributed by atoms with E-state index in [4.69, 9.17) is 11.6 Å². The normalized spacial score (nSPS) is 14.5. The Labute approximate surface area is 157 Å². The minimum atomic E-state index is -1.05. The summed E-state index contributed by atoms with van der Waals surface area (Å²) in [4.78, 5) is 0. The molecule has 2 aromatic rings. The first-order valence-electron chi connectivity index (χ1n) is 8.90. The van der Waals surface area contributed by atoms with Gasteiger partial charge in [0.1, 0.15) is 6.17 Å². The molecule has 0 aliphatic rings. The molecule has 0 nitrogen and oxygen atoms in total. The Morgan fingerprint density at radius 1 is 1.04 bits per heavy atom. The molecule has 0 fully saturated rings. The van der Waals surface area contributed by atoms with Crippen LogP contribution in [-0.2, 0) is 5.41 Å². The Morgan fingerprint density at radius 3 is 2.24 bits per heavy atom. The summed E-state index contributed by atoms with van der Waals surface area (Å²) in [6.45, 7) is 8.44. The summed E-state index contributed by atoms with van der Waals surface area (Å²) >= 11 is 6.03. The van der Waals surface area contributed by atoms with Gasteiger partial charge in [0, 0.05) is 0 Å². The van der Waals surface area contributed by atoms with Crippen molar-refractivity contribution in [3.63, 3.8) is 0 Å². The van der Waals surface area contributed by atoms with Crippen molar-refractivity contribution in [2.45, 2.75) is 51.0 Å². The van der Waals surface area contributed by atoms with E-state index in [0.717, 1.165) is 6.32 Å². The number of alkyl halides is 2. The van der Waals surface area contributed by atoms with Crippen LogP contribution in [-0.4, -0.2) is 18.3 Å². The average Bonchev–Trinajstić information content (AvgIpc) is 2.58. The molecular weight excluding hydrogens is 330 g/mol. The van der Waals surface area contributed by atoms with Gasteiger partial charge in [-0.25, -0.2) is 4.39 Å². The van der Waals surface area contributed by atoms with Crippen LogP contribution in [0.3, 0.4) is 0 Å². The lowest BCUT2D eigenvalue weighted by atomic mass is 9.37. The molecule has 0 saturated heterocycles. The fourth-order valence-electron chi connectivity index (χ4n) is 3.11. The van der Waals surface area contributed by atoms with Crippen molar-refractivity contribution in [3.05, 3.63) is 72.3 Å². The van der Waals surface area contributed by atoms with E-state index >= 15 is 0 Å². The fourth-order valence-corrected chi connectivity index (χ4v) is 3.21. The fraction of sp³-hybridized carbons (Fsp3) is 0.364.